The molecule has 0 spiro atoms. The van der Waals surface area contributed by atoms with Crippen molar-refractivity contribution in [1.29, 1.82) is 0 Å². The lowest BCUT2D eigenvalue weighted by Crippen LogP contribution is -2.35. The number of hydrogen-bond donors (Lipinski definition) is 1. The molecule has 2 aromatic rings. The molecule has 0 bridgehead atoms. The molecule has 0 saturated carbocycles. The first-order valence-corrected chi connectivity index (χ1v) is 7.38. The predicted octanol–water partition coefficient (Wildman–Crippen LogP) is 3.16. The Kier molecular flexibility index (Phi) is 5.02. The zero-order valence-electron chi connectivity index (χ0n) is 13.4. The second-order valence-electron chi connectivity index (χ2n) is 6.32. The molecule has 0 aliphatic rings. The number of nitrogens with zero attached hydrogens (tertiary/aromatic N) is 2. The van der Waals surface area contributed by atoms with Gasteiger partial charge in [0.1, 0.15) is 12.4 Å². The van der Waals surface area contributed by atoms with E-state index in [0.717, 1.165) is 18.8 Å². The van der Waals surface area contributed by atoms with Crippen LogP contribution in [-0.2, 0) is 13.1 Å². The number of aryl methyl sites for hydroxylation is 1. The third kappa shape index (κ3) is 4.90. The van der Waals surface area contributed by atoms with Crippen LogP contribution in [0.15, 0.2) is 36.9 Å². The number of rotatable bonds is 6. The molecule has 0 atom stereocenters. The van der Waals surface area contributed by atoms with Crippen LogP contribution in [0, 0.1) is 6.92 Å². The second kappa shape index (κ2) is 6.76. The van der Waals surface area contributed by atoms with E-state index in [1.807, 2.05) is 17.1 Å². The molecule has 0 fully saturated rings. The van der Waals surface area contributed by atoms with Gasteiger partial charge in [-0.25, -0.2) is 4.98 Å². The molecule has 114 valence electrons. The van der Waals surface area contributed by atoms with Crippen LogP contribution in [0.3, 0.4) is 0 Å². The van der Waals surface area contributed by atoms with E-state index in [2.05, 4.69) is 56.2 Å². The Morgan fingerprint density at radius 3 is 2.76 bits per heavy atom. The van der Waals surface area contributed by atoms with E-state index in [1.54, 1.807) is 6.20 Å². The van der Waals surface area contributed by atoms with Crippen LogP contribution in [0.5, 0.6) is 5.75 Å². The number of nitrogens with one attached hydrogen (secondary N) is 1. The van der Waals surface area contributed by atoms with Gasteiger partial charge in [0.05, 0.1) is 12.9 Å². The van der Waals surface area contributed by atoms with Gasteiger partial charge in [-0.3, -0.25) is 0 Å². The standard InChI is InChI=1S/C17H25N3O/c1-14-6-5-7-15(12-19-17(2,3)4)16(14)21-11-10-20-9-8-18-13-20/h5-9,13,19H,10-12H2,1-4H3. The summed E-state index contributed by atoms with van der Waals surface area (Å²) in [4.78, 5) is 4.04. The number of aromatic nitrogens is 2. The summed E-state index contributed by atoms with van der Waals surface area (Å²) in [6.07, 6.45) is 5.54. The molecule has 0 aliphatic heterocycles. The van der Waals surface area contributed by atoms with E-state index >= 15 is 0 Å². The Morgan fingerprint density at radius 1 is 1.29 bits per heavy atom. The van der Waals surface area contributed by atoms with Gasteiger partial charge in [-0.15, -0.1) is 0 Å². The predicted molar refractivity (Wildman–Crippen MR) is 85.5 cm³/mol. The van der Waals surface area contributed by atoms with Gasteiger partial charge in [0, 0.05) is 30.0 Å². The first-order valence-electron chi connectivity index (χ1n) is 7.38. The van der Waals surface area contributed by atoms with Gasteiger partial charge in [0.2, 0.25) is 0 Å². The molecular formula is C17H25N3O. The Hall–Kier alpha value is -1.81. The van der Waals surface area contributed by atoms with Gasteiger partial charge in [-0.2, -0.15) is 0 Å². The number of benzene rings is 1. The molecule has 0 amide bonds. The molecule has 1 heterocycles. The lowest BCUT2D eigenvalue weighted by Gasteiger charge is -2.22. The minimum atomic E-state index is 0.0951. The summed E-state index contributed by atoms with van der Waals surface area (Å²) >= 11 is 0. The SMILES string of the molecule is Cc1cccc(CNC(C)(C)C)c1OCCn1ccnc1. The highest BCUT2D eigenvalue weighted by atomic mass is 16.5. The minimum absolute atomic E-state index is 0.0951. The number of para-hydroxylation sites is 1. The van der Waals surface area contributed by atoms with Crippen LogP contribution in [0.2, 0.25) is 0 Å². The largest absolute Gasteiger partial charge is 0.491 e. The number of ether oxygens (including phenoxy) is 1. The molecule has 21 heavy (non-hydrogen) atoms. The van der Waals surface area contributed by atoms with E-state index in [1.165, 1.54) is 11.1 Å². The topological polar surface area (TPSA) is 39.1 Å². The molecule has 1 aromatic heterocycles. The fourth-order valence-corrected chi connectivity index (χ4v) is 2.09. The van der Waals surface area contributed by atoms with E-state index in [0.29, 0.717) is 6.61 Å². The fraction of sp³-hybridized carbons (Fsp3) is 0.471. The van der Waals surface area contributed by atoms with Crippen molar-refractivity contribution < 1.29 is 4.74 Å². The average Bonchev–Trinajstić information content (AvgIpc) is 2.91. The summed E-state index contributed by atoms with van der Waals surface area (Å²) in [5, 5.41) is 3.51. The lowest BCUT2D eigenvalue weighted by atomic mass is 10.1. The van der Waals surface area contributed by atoms with Crippen molar-refractivity contribution in [3.05, 3.63) is 48.0 Å². The quantitative estimate of drug-likeness (QED) is 0.887. The first-order chi connectivity index (χ1) is 9.96. The van der Waals surface area contributed by atoms with Crippen molar-refractivity contribution in [2.24, 2.45) is 0 Å². The summed E-state index contributed by atoms with van der Waals surface area (Å²) in [7, 11) is 0. The van der Waals surface area contributed by atoms with Gasteiger partial charge < -0.3 is 14.6 Å². The van der Waals surface area contributed by atoms with Gasteiger partial charge in [-0.1, -0.05) is 18.2 Å². The van der Waals surface area contributed by atoms with Crippen molar-refractivity contribution in [2.45, 2.75) is 46.3 Å². The summed E-state index contributed by atoms with van der Waals surface area (Å²) < 4.78 is 8.04. The highest BCUT2D eigenvalue weighted by Crippen LogP contribution is 2.24. The summed E-state index contributed by atoms with van der Waals surface area (Å²) in [6.45, 7) is 10.9. The van der Waals surface area contributed by atoms with Gasteiger partial charge in [0.25, 0.3) is 0 Å². The maximum atomic E-state index is 6.02. The summed E-state index contributed by atoms with van der Waals surface area (Å²) in [5.41, 5.74) is 2.47. The average molecular weight is 287 g/mol. The lowest BCUT2D eigenvalue weighted by molar-refractivity contribution is 0.291. The fourth-order valence-electron chi connectivity index (χ4n) is 2.09. The van der Waals surface area contributed by atoms with Crippen LogP contribution >= 0.6 is 0 Å². The minimum Gasteiger partial charge on any atom is -0.491 e. The Labute approximate surface area is 127 Å². The van der Waals surface area contributed by atoms with Gasteiger partial charge in [-0.05, 0) is 33.3 Å². The maximum Gasteiger partial charge on any atom is 0.126 e. The third-order valence-electron chi connectivity index (χ3n) is 3.26. The first kappa shape index (κ1) is 15.6. The van der Waals surface area contributed by atoms with Crippen molar-refractivity contribution in [3.63, 3.8) is 0 Å². The zero-order valence-corrected chi connectivity index (χ0v) is 13.4. The Balaban J connectivity index is 1.99. The van der Waals surface area contributed by atoms with Crippen molar-refractivity contribution >= 4 is 0 Å². The highest BCUT2D eigenvalue weighted by Gasteiger charge is 2.12. The maximum absolute atomic E-state index is 6.02. The van der Waals surface area contributed by atoms with Crippen LogP contribution < -0.4 is 10.1 Å². The van der Waals surface area contributed by atoms with Crippen LogP contribution in [0.25, 0.3) is 0 Å². The molecule has 4 nitrogen and oxygen atoms in total. The molecule has 1 N–H and O–H groups in total. The Bertz CT molecular complexity index is 556. The van der Waals surface area contributed by atoms with Crippen LogP contribution in [-0.4, -0.2) is 21.7 Å². The van der Waals surface area contributed by atoms with Gasteiger partial charge >= 0.3 is 0 Å². The van der Waals surface area contributed by atoms with E-state index in [-0.39, 0.29) is 5.54 Å². The van der Waals surface area contributed by atoms with E-state index in [9.17, 15) is 0 Å². The number of hydrogen-bond acceptors (Lipinski definition) is 3. The molecule has 4 heteroatoms. The van der Waals surface area contributed by atoms with E-state index < -0.39 is 0 Å². The second-order valence-corrected chi connectivity index (χ2v) is 6.32. The van der Waals surface area contributed by atoms with Crippen molar-refractivity contribution in [1.82, 2.24) is 14.9 Å². The zero-order chi connectivity index (χ0) is 15.3. The van der Waals surface area contributed by atoms with Crippen molar-refractivity contribution in [2.75, 3.05) is 6.61 Å². The van der Waals surface area contributed by atoms with Crippen LogP contribution in [0.4, 0.5) is 0 Å². The third-order valence-corrected chi connectivity index (χ3v) is 3.26. The molecule has 0 aliphatic carbocycles. The van der Waals surface area contributed by atoms with Gasteiger partial charge in [0.15, 0.2) is 0 Å². The van der Waals surface area contributed by atoms with Crippen molar-refractivity contribution in [3.8, 4) is 5.75 Å². The van der Waals surface area contributed by atoms with E-state index in [4.69, 9.17) is 4.74 Å². The summed E-state index contributed by atoms with van der Waals surface area (Å²) in [5.74, 6) is 0.995. The molecule has 0 saturated heterocycles. The molecule has 0 radical (unpaired) electrons. The smallest absolute Gasteiger partial charge is 0.126 e. The molecule has 2 rings (SSSR count). The summed E-state index contributed by atoms with van der Waals surface area (Å²) in [6, 6.07) is 6.29. The Morgan fingerprint density at radius 2 is 2.10 bits per heavy atom. The molecule has 1 aromatic carbocycles. The monoisotopic (exact) mass is 287 g/mol. The normalized spacial score (nSPS) is 11.6. The molecular weight excluding hydrogens is 262 g/mol. The molecule has 0 unspecified atom stereocenters. The highest BCUT2D eigenvalue weighted by molar-refractivity contribution is 5.40. The van der Waals surface area contributed by atoms with Crippen LogP contribution in [0.1, 0.15) is 31.9 Å². The number of imidazole rings is 1.